The van der Waals surface area contributed by atoms with Gasteiger partial charge in [0.25, 0.3) is 0 Å². The van der Waals surface area contributed by atoms with Gasteiger partial charge in [-0.3, -0.25) is 0 Å². The molecule has 3 N–H and O–H groups in total. The number of hydrogen-bond donors (Lipinski definition) is 2. The van der Waals surface area contributed by atoms with Crippen molar-refractivity contribution in [3.63, 3.8) is 0 Å². The lowest BCUT2D eigenvalue weighted by Gasteiger charge is -2.40. The summed E-state index contributed by atoms with van der Waals surface area (Å²) < 4.78 is 0. The van der Waals surface area contributed by atoms with Gasteiger partial charge in [-0.15, -0.1) is 0 Å². The molecule has 0 saturated carbocycles. The SMILES string of the molecule is Cc1ccc(N2CCCC(C)C2C)c(/C(N)=N/O)c1. The van der Waals surface area contributed by atoms with Crippen LogP contribution in [-0.4, -0.2) is 23.6 Å². The Morgan fingerprint density at radius 1 is 1.42 bits per heavy atom. The molecular weight excluding hydrogens is 238 g/mol. The highest BCUT2D eigenvalue weighted by Gasteiger charge is 2.26. The van der Waals surface area contributed by atoms with Gasteiger partial charge < -0.3 is 15.8 Å². The van der Waals surface area contributed by atoms with Crippen LogP contribution in [-0.2, 0) is 0 Å². The molecule has 1 aliphatic rings. The van der Waals surface area contributed by atoms with Gasteiger partial charge in [-0.25, -0.2) is 0 Å². The van der Waals surface area contributed by atoms with Crippen LogP contribution in [0, 0.1) is 12.8 Å². The summed E-state index contributed by atoms with van der Waals surface area (Å²) in [6, 6.07) is 6.62. The molecular formula is C15H23N3O. The Morgan fingerprint density at radius 3 is 2.84 bits per heavy atom. The summed E-state index contributed by atoms with van der Waals surface area (Å²) in [5.74, 6) is 0.847. The van der Waals surface area contributed by atoms with Crippen LogP contribution >= 0.6 is 0 Å². The molecule has 0 amide bonds. The van der Waals surface area contributed by atoms with Crippen LogP contribution < -0.4 is 10.6 Å². The predicted octanol–water partition coefficient (Wildman–Crippen LogP) is 2.71. The quantitative estimate of drug-likeness (QED) is 0.372. The van der Waals surface area contributed by atoms with Crippen LogP contribution in [0.4, 0.5) is 5.69 Å². The normalized spacial score (nSPS) is 24.6. The van der Waals surface area contributed by atoms with Crippen LogP contribution in [0.15, 0.2) is 23.4 Å². The minimum Gasteiger partial charge on any atom is -0.409 e. The molecule has 1 fully saturated rings. The van der Waals surface area contributed by atoms with Crippen LogP contribution in [0.3, 0.4) is 0 Å². The first-order chi connectivity index (χ1) is 9.04. The first kappa shape index (κ1) is 13.7. The number of aryl methyl sites for hydroxylation is 1. The zero-order valence-electron chi connectivity index (χ0n) is 11.9. The Labute approximate surface area is 114 Å². The van der Waals surface area contributed by atoms with Crippen molar-refractivity contribution >= 4 is 11.5 Å². The van der Waals surface area contributed by atoms with Crippen LogP contribution in [0.1, 0.15) is 37.8 Å². The highest BCUT2D eigenvalue weighted by Crippen LogP contribution is 2.31. The van der Waals surface area contributed by atoms with Gasteiger partial charge >= 0.3 is 0 Å². The number of piperidine rings is 1. The maximum absolute atomic E-state index is 8.96. The molecule has 4 nitrogen and oxygen atoms in total. The standard InChI is InChI=1S/C15H23N3O/c1-10-6-7-14(13(9-10)15(16)17-19)18-8-4-5-11(2)12(18)3/h6-7,9,11-12,19H,4-5,8H2,1-3H3,(H2,16,17). The molecule has 19 heavy (non-hydrogen) atoms. The lowest BCUT2D eigenvalue weighted by molar-refractivity contribution is 0.318. The average molecular weight is 261 g/mol. The predicted molar refractivity (Wildman–Crippen MR) is 78.9 cm³/mol. The van der Waals surface area contributed by atoms with Crippen molar-refractivity contribution in [2.75, 3.05) is 11.4 Å². The van der Waals surface area contributed by atoms with Crippen molar-refractivity contribution in [1.29, 1.82) is 0 Å². The van der Waals surface area contributed by atoms with E-state index in [9.17, 15) is 0 Å². The number of oxime groups is 1. The van der Waals surface area contributed by atoms with Gasteiger partial charge in [0.1, 0.15) is 0 Å². The number of nitrogens with zero attached hydrogens (tertiary/aromatic N) is 2. The third-order valence-corrected chi connectivity index (χ3v) is 4.22. The molecule has 2 atom stereocenters. The van der Waals surface area contributed by atoms with Crippen molar-refractivity contribution in [3.8, 4) is 0 Å². The van der Waals surface area contributed by atoms with Gasteiger partial charge in [-0.1, -0.05) is 23.7 Å². The maximum Gasteiger partial charge on any atom is 0.172 e. The lowest BCUT2D eigenvalue weighted by Crippen LogP contribution is -2.43. The van der Waals surface area contributed by atoms with E-state index in [4.69, 9.17) is 10.9 Å². The van der Waals surface area contributed by atoms with E-state index in [1.807, 2.05) is 13.0 Å². The summed E-state index contributed by atoms with van der Waals surface area (Å²) in [7, 11) is 0. The second kappa shape index (κ2) is 5.51. The van der Waals surface area contributed by atoms with Crippen molar-refractivity contribution in [1.82, 2.24) is 0 Å². The van der Waals surface area contributed by atoms with E-state index in [1.165, 1.54) is 12.8 Å². The minimum atomic E-state index is 0.184. The Balaban J connectivity index is 2.44. The summed E-state index contributed by atoms with van der Waals surface area (Å²) in [5.41, 5.74) is 8.83. The van der Waals surface area contributed by atoms with E-state index in [1.54, 1.807) is 0 Å². The number of nitrogens with two attached hydrogens (primary N) is 1. The van der Waals surface area contributed by atoms with Gasteiger partial charge in [0, 0.05) is 23.8 Å². The van der Waals surface area contributed by atoms with E-state index in [0.29, 0.717) is 12.0 Å². The van der Waals surface area contributed by atoms with Gasteiger partial charge in [0.05, 0.1) is 0 Å². The molecule has 1 aromatic rings. The molecule has 1 aliphatic heterocycles. The fraction of sp³-hybridized carbons (Fsp3) is 0.533. The first-order valence-electron chi connectivity index (χ1n) is 6.89. The molecule has 0 bridgehead atoms. The van der Waals surface area contributed by atoms with Gasteiger partial charge in [0.2, 0.25) is 0 Å². The van der Waals surface area contributed by atoms with E-state index in [2.05, 4.69) is 36.0 Å². The summed E-state index contributed by atoms with van der Waals surface area (Å²) in [6.07, 6.45) is 2.46. The topological polar surface area (TPSA) is 61.8 Å². The smallest absolute Gasteiger partial charge is 0.172 e. The second-order valence-corrected chi connectivity index (χ2v) is 5.56. The van der Waals surface area contributed by atoms with Crippen molar-refractivity contribution in [2.45, 2.75) is 39.7 Å². The van der Waals surface area contributed by atoms with E-state index in [0.717, 1.165) is 23.4 Å². The fourth-order valence-electron chi connectivity index (χ4n) is 2.83. The Morgan fingerprint density at radius 2 is 2.16 bits per heavy atom. The molecule has 0 aliphatic carbocycles. The third kappa shape index (κ3) is 2.67. The van der Waals surface area contributed by atoms with E-state index >= 15 is 0 Å². The molecule has 0 radical (unpaired) electrons. The van der Waals surface area contributed by atoms with Gasteiger partial charge in [-0.05, 0) is 44.7 Å². The first-order valence-corrected chi connectivity index (χ1v) is 6.89. The number of amidine groups is 1. The molecule has 104 valence electrons. The molecule has 2 unspecified atom stereocenters. The summed E-state index contributed by atoms with van der Waals surface area (Å²) in [5, 5.41) is 12.1. The van der Waals surface area contributed by atoms with Crippen LogP contribution in [0.25, 0.3) is 0 Å². The molecule has 4 heteroatoms. The van der Waals surface area contributed by atoms with Gasteiger partial charge in [-0.2, -0.15) is 0 Å². The Hall–Kier alpha value is -1.71. The fourth-order valence-corrected chi connectivity index (χ4v) is 2.83. The summed E-state index contributed by atoms with van der Waals surface area (Å²) in [4.78, 5) is 2.38. The average Bonchev–Trinajstić information content (AvgIpc) is 2.41. The van der Waals surface area contributed by atoms with Crippen molar-refractivity contribution in [3.05, 3.63) is 29.3 Å². The summed E-state index contributed by atoms with van der Waals surface area (Å²) >= 11 is 0. The second-order valence-electron chi connectivity index (χ2n) is 5.56. The van der Waals surface area contributed by atoms with Crippen LogP contribution in [0.5, 0.6) is 0 Å². The zero-order chi connectivity index (χ0) is 14.0. The number of hydrogen-bond acceptors (Lipinski definition) is 3. The Kier molecular flexibility index (Phi) is 3.98. The van der Waals surface area contributed by atoms with Crippen LogP contribution in [0.2, 0.25) is 0 Å². The number of benzene rings is 1. The molecule has 0 aromatic heterocycles. The highest BCUT2D eigenvalue weighted by molar-refractivity contribution is 6.02. The Bertz CT molecular complexity index is 484. The molecule has 1 heterocycles. The largest absolute Gasteiger partial charge is 0.409 e. The molecule has 2 rings (SSSR count). The van der Waals surface area contributed by atoms with Crippen molar-refractivity contribution < 1.29 is 5.21 Å². The monoisotopic (exact) mass is 261 g/mol. The van der Waals surface area contributed by atoms with Gasteiger partial charge in [0.15, 0.2) is 5.84 Å². The van der Waals surface area contributed by atoms with E-state index < -0.39 is 0 Å². The summed E-state index contributed by atoms with van der Waals surface area (Å²) in [6.45, 7) is 7.58. The van der Waals surface area contributed by atoms with Crippen molar-refractivity contribution in [2.24, 2.45) is 16.8 Å². The molecule has 0 spiro atoms. The van der Waals surface area contributed by atoms with E-state index in [-0.39, 0.29) is 5.84 Å². The maximum atomic E-state index is 8.96. The molecule has 1 aromatic carbocycles. The zero-order valence-corrected chi connectivity index (χ0v) is 11.9. The highest BCUT2D eigenvalue weighted by atomic mass is 16.4. The number of anilines is 1. The third-order valence-electron chi connectivity index (χ3n) is 4.22. The number of rotatable bonds is 2. The lowest BCUT2D eigenvalue weighted by atomic mass is 9.91. The minimum absolute atomic E-state index is 0.184. The molecule has 1 saturated heterocycles.